The maximum Gasteiger partial charge on any atom is 0.289 e. The van der Waals surface area contributed by atoms with Crippen molar-refractivity contribution in [2.45, 2.75) is 6.42 Å². The molecule has 0 bridgehead atoms. The first-order valence-corrected chi connectivity index (χ1v) is 9.09. The number of furan rings is 1. The molecule has 0 spiro atoms. The van der Waals surface area contributed by atoms with Crippen LogP contribution in [0.5, 0.6) is 0 Å². The Morgan fingerprint density at radius 2 is 1.69 bits per heavy atom. The van der Waals surface area contributed by atoms with Gasteiger partial charge in [-0.15, -0.1) is 0 Å². The average Bonchev–Trinajstić information content (AvgIpc) is 3.15. The molecule has 1 aromatic carbocycles. The third-order valence-corrected chi connectivity index (χ3v) is 4.62. The Balaban J connectivity index is 1.43. The van der Waals surface area contributed by atoms with Crippen molar-refractivity contribution >= 4 is 40.7 Å². The summed E-state index contributed by atoms with van der Waals surface area (Å²) < 4.78 is 5.14. The minimum Gasteiger partial charge on any atom is -0.459 e. The number of anilines is 1. The molecule has 1 saturated heterocycles. The van der Waals surface area contributed by atoms with Gasteiger partial charge in [0.1, 0.15) is 0 Å². The van der Waals surface area contributed by atoms with Crippen LogP contribution in [0.2, 0.25) is 10.0 Å². The molecule has 1 aliphatic rings. The van der Waals surface area contributed by atoms with E-state index >= 15 is 0 Å². The maximum absolute atomic E-state index is 12.3. The molecular formula is C18H19Cl2N3O3. The predicted molar refractivity (Wildman–Crippen MR) is 101 cm³/mol. The Bertz CT molecular complexity index is 752. The van der Waals surface area contributed by atoms with E-state index in [2.05, 4.69) is 5.32 Å². The number of carbonyl (C=O) groups is 2. The third-order valence-electron chi connectivity index (χ3n) is 4.18. The van der Waals surface area contributed by atoms with E-state index in [1.54, 1.807) is 40.1 Å². The van der Waals surface area contributed by atoms with Crippen molar-refractivity contribution < 1.29 is 14.0 Å². The van der Waals surface area contributed by atoms with Crippen molar-refractivity contribution in [3.8, 4) is 0 Å². The van der Waals surface area contributed by atoms with E-state index in [9.17, 15) is 9.59 Å². The topological polar surface area (TPSA) is 65.8 Å². The number of carbonyl (C=O) groups excluding carboxylic acids is 2. The minimum absolute atomic E-state index is 0.0516. The van der Waals surface area contributed by atoms with Crippen LogP contribution in [0.4, 0.5) is 5.69 Å². The summed E-state index contributed by atoms with van der Waals surface area (Å²) in [6, 6.07) is 8.51. The Morgan fingerprint density at radius 3 is 2.31 bits per heavy atom. The van der Waals surface area contributed by atoms with Gasteiger partial charge in [0.25, 0.3) is 5.91 Å². The van der Waals surface area contributed by atoms with Crippen LogP contribution in [-0.4, -0.2) is 54.3 Å². The molecule has 1 aliphatic heterocycles. The van der Waals surface area contributed by atoms with Crippen molar-refractivity contribution in [2.75, 3.05) is 38.0 Å². The van der Waals surface area contributed by atoms with E-state index in [1.807, 2.05) is 0 Å². The highest BCUT2D eigenvalue weighted by atomic mass is 35.5. The second-order valence-electron chi connectivity index (χ2n) is 5.99. The zero-order chi connectivity index (χ0) is 18.5. The van der Waals surface area contributed by atoms with Crippen molar-refractivity contribution in [2.24, 2.45) is 0 Å². The van der Waals surface area contributed by atoms with Gasteiger partial charge in [-0.3, -0.25) is 9.59 Å². The Morgan fingerprint density at radius 1 is 1.04 bits per heavy atom. The SMILES string of the molecule is O=C(CCNc1cc(Cl)cc(Cl)c1)N1CCN(C(=O)c2ccco2)CC1. The molecule has 1 N–H and O–H groups in total. The third kappa shape index (κ3) is 4.71. The van der Waals surface area contributed by atoms with Crippen molar-refractivity contribution in [3.05, 3.63) is 52.4 Å². The summed E-state index contributed by atoms with van der Waals surface area (Å²) in [5, 5.41) is 4.24. The molecule has 2 heterocycles. The Kier molecular flexibility index (Phi) is 6.06. The molecule has 0 saturated carbocycles. The summed E-state index contributed by atoms with van der Waals surface area (Å²) in [6.07, 6.45) is 1.84. The largest absolute Gasteiger partial charge is 0.459 e. The molecule has 1 fully saturated rings. The summed E-state index contributed by atoms with van der Waals surface area (Å²) >= 11 is 11.9. The van der Waals surface area contributed by atoms with E-state index in [0.717, 1.165) is 5.69 Å². The first-order valence-electron chi connectivity index (χ1n) is 8.33. The standard InChI is InChI=1S/C18H19Cl2N3O3/c19-13-10-14(20)12-15(11-13)21-4-3-17(24)22-5-7-23(8-6-22)18(25)16-2-1-9-26-16/h1-2,9-12,21H,3-8H2. The fourth-order valence-electron chi connectivity index (χ4n) is 2.84. The number of nitrogens with one attached hydrogen (secondary N) is 1. The highest BCUT2D eigenvalue weighted by Gasteiger charge is 2.25. The van der Waals surface area contributed by atoms with Gasteiger partial charge < -0.3 is 19.5 Å². The Hall–Kier alpha value is -2.18. The lowest BCUT2D eigenvalue weighted by Gasteiger charge is -2.34. The second kappa shape index (κ2) is 8.47. The highest BCUT2D eigenvalue weighted by Crippen LogP contribution is 2.22. The van der Waals surface area contributed by atoms with Gasteiger partial charge in [-0.05, 0) is 30.3 Å². The number of hydrogen-bond donors (Lipinski definition) is 1. The molecular weight excluding hydrogens is 377 g/mol. The number of hydrogen-bond acceptors (Lipinski definition) is 4. The first-order chi connectivity index (χ1) is 12.5. The molecule has 0 aliphatic carbocycles. The lowest BCUT2D eigenvalue weighted by molar-refractivity contribution is -0.132. The van der Waals surface area contributed by atoms with E-state index in [0.29, 0.717) is 55.0 Å². The number of halogens is 2. The van der Waals surface area contributed by atoms with Gasteiger partial charge in [-0.1, -0.05) is 23.2 Å². The van der Waals surface area contributed by atoms with Crippen LogP contribution in [0.15, 0.2) is 41.0 Å². The summed E-state index contributed by atoms with van der Waals surface area (Å²) in [5.74, 6) is 0.242. The van der Waals surface area contributed by atoms with Gasteiger partial charge in [0, 0.05) is 54.9 Å². The van der Waals surface area contributed by atoms with Crippen molar-refractivity contribution in [1.82, 2.24) is 9.80 Å². The normalized spacial score (nSPS) is 14.4. The Labute approximate surface area is 161 Å². The molecule has 6 nitrogen and oxygen atoms in total. The lowest BCUT2D eigenvalue weighted by atomic mass is 10.2. The zero-order valence-electron chi connectivity index (χ0n) is 14.1. The van der Waals surface area contributed by atoms with Crippen molar-refractivity contribution in [1.29, 1.82) is 0 Å². The van der Waals surface area contributed by atoms with E-state index in [4.69, 9.17) is 27.6 Å². The van der Waals surface area contributed by atoms with Crippen LogP contribution in [0, 0.1) is 0 Å². The molecule has 0 radical (unpaired) electrons. The predicted octanol–water partition coefficient (Wildman–Crippen LogP) is 3.37. The monoisotopic (exact) mass is 395 g/mol. The molecule has 138 valence electrons. The first kappa shape index (κ1) is 18.6. The van der Waals surface area contributed by atoms with Crippen LogP contribution in [0.3, 0.4) is 0 Å². The fraction of sp³-hybridized carbons (Fsp3) is 0.333. The van der Waals surface area contributed by atoms with Gasteiger partial charge in [-0.25, -0.2) is 0 Å². The van der Waals surface area contributed by atoms with Gasteiger partial charge in [0.05, 0.1) is 6.26 Å². The van der Waals surface area contributed by atoms with E-state index in [1.165, 1.54) is 6.26 Å². The second-order valence-corrected chi connectivity index (χ2v) is 6.86. The fourth-order valence-corrected chi connectivity index (χ4v) is 3.37. The number of nitrogens with zero attached hydrogens (tertiary/aromatic N) is 2. The molecule has 0 unspecified atom stereocenters. The number of piperazine rings is 1. The van der Waals surface area contributed by atoms with Crippen LogP contribution < -0.4 is 5.32 Å². The number of rotatable bonds is 5. The number of amides is 2. The lowest BCUT2D eigenvalue weighted by Crippen LogP contribution is -2.50. The highest BCUT2D eigenvalue weighted by molar-refractivity contribution is 6.35. The van der Waals surface area contributed by atoms with Gasteiger partial charge in [0.2, 0.25) is 5.91 Å². The van der Waals surface area contributed by atoms with E-state index in [-0.39, 0.29) is 11.8 Å². The van der Waals surface area contributed by atoms with Crippen molar-refractivity contribution in [3.63, 3.8) is 0 Å². The minimum atomic E-state index is -0.137. The quantitative estimate of drug-likeness (QED) is 0.842. The van der Waals surface area contributed by atoms with Gasteiger partial charge in [-0.2, -0.15) is 0 Å². The van der Waals surface area contributed by atoms with E-state index < -0.39 is 0 Å². The average molecular weight is 396 g/mol. The molecule has 2 amide bonds. The summed E-state index contributed by atoms with van der Waals surface area (Å²) in [6.45, 7) is 2.54. The number of benzene rings is 1. The molecule has 0 atom stereocenters. The molecule has 8 heteroatoms. The summed E-state index contributed by atoms with van der Waals surface area (Å²) in [4.78, 5) is 28.0. The molecule has 26 heavy (non-hydrogen) atoms. The summed E-state index contributed by atoms with van der Waals surface area (Å²) in [7, 11) is 0. The maximum atomic E-state index is 12.3. The van der Waals surface area contributed by atoms with Gasteiger partial charge >= 0.3 is 0 Å². The zero-order valence-corrected chi connectivity index (χ0v) is 15.6. The molecule has 2 aromatic rings. The summed E-state index contributed by atoms with van der Waals surface area (Å²) in [5.41, 5.74) is 0.782. The molecule has 3 rings (SSSR count). The van der Waals surface area contributed by atoms with Crippen LogP contribution in [0.25, 0.3) is 0 Å². The molecule has 1 aromatic heterocycles. The van der Waals surface area contributed by atoms with Crippen LogP contribution in [-0.2, 0) is 4.79 Å². The van der Waals surface area contributed by atoms with Crippen LogP contribution >= 0.6 is 23.2 Å². The smallest absolute Gasteiger partial charge is 0.289 e. The van der Waals surface area contributed by atoms with Crippen LogP contribution in [0.1, 0.15) is 17.0 Å². The van der Waals surface area contributed by atoms with Gasteiger partial charge in [0.15, 0.2) is 5.76 Å².